The predicted molar refractivity (Wildman–Crippen MR) is 145 cm³/mol. The van der Waals surface area contributed by atoms with Crippen molar-refractivity contribution in [2.75, 3.05) is 7.11 Å². The molecule has 0 spiro atoms. The van der Waals surface area contributed by atoms with Crippen LogP contribution in [-0.2, 0) is 9.53 Å². The maximum atomic E-state index is 13.7. The Bertz CT molecular complexity index is 1710. The highest BCUT2D eigenvalue weighted by molar-refractivity contribution is 7.07. The largest absolute Gasteiger partial charge is 0.466 e. The third kappa shape index (κ3) is 4.61. The number of aromatic nitrogens is 1. The van der Waals surface area contributed by atoms with Gasteiger partial charge >= 0.3 is 5.97 Å². The second-order valence-electron chi connectivity index (χ2n) is 9.08. The average molecular weight is 533 g/mol. The molecule has 188 valence electrons. The Hall–Kier alpha value is -3.68. The molecule has 1 aliphatic heterocycles. The molecule has 0 bridgehead atoms. The number of esters is 1. The Morgan fingerprint density at radius 3 is 2.54 bits per heavy atom. The lowest BCUT2D eigenvalue weighted by atomic mass is 9.93. The van der Waals surface area contributed by atoms with Gasteiger partial charge in [0, 0.05) is 11.6 Å². The summed E-state index contributed by atoms with van der Waals surface area (Å²) in [6, 6.07) is 18.4. The summed E-state index contributed by atoms with van der Waals surface area (Å²) in [4.78, 5) is 31.7. The van der Waals surface area contributed by atoms with E-state index in [1.54, 1.807) is 29.7 Å². The summed E-state index contributed by atoms with van der Waals surface area (Å²) in [5, 5.41) is 0.581. The maximum Gasteiger partial charge on any atom is 0.338 e. The fourth-order valence-electron chi connectivity index (χ4n) is 4.44. The van der Waals surface area contributed by atoms with Crippen LogP contribution in [0.5, 0.6) is 0 Å². The van der Waals surface area contributed by atoms with Gasteiger partial charge in [0.05, 0.1) is 34.0 Å². The summed E-state index contributed by atoms with van der Waals surface area (Å²) >= 11 is 7.56. The summed E-state index contributed by atoms with van der Waals surface area (Å²) < 4.78 is 13.1. The van der Waals surface area contributed by atoms with Crippen LogP contribution < -0.4 is 14.9 Å². The molecule has 2 aromatic heterocycles. The lowest BCUT2D eigenvalue weighted by molar-refractivity contribution is -0.136. The molecule has 6 nitrogen and oxygen atoms in total. The van der Waals surface area contributed by atoms with Crippen molar-refractivity contribution in [1.29, 1.82) is 0 Å². The van der Waals surface area contributed by atoms with Gasteiger partial charge in [-0.25, -0.2) is 9.79 Å². The number of methoxy groups -OCH3 is 1. The van der Waals surface area contributed by atoms with E-state index in [0.29, 0.717) is 43.1 Å². The SMILES string of the molecule is COC(=O)C1=C(C)N=c2s/c(=C/c3ccc(-c4ccccc4Cl)o3)c(=O)n2C1c1ccc(C(C)C)cc1. The molecular formula is C29H25ClN2O4S. The Kier molecular flexibility index (Phi) is 6.75. The van der Waals surface area contributed by atoms with Crippen LogP contribution in [0.3, 0.4) is 0 Å². The molecule has 8 heteroatoms. The topological polar surface area (TPSA) is 73.8 Å². The van der Waals surface area contributed by atoms with Crippen molar-refractivity contribution < 1.29 is 13.9 Å². The van der Waals surface area contributed by atoms with Crippen molar-refractivity contribution in [2.45, 2.75) is 32.7 Å². The maximum absolute atomic E-state index is 13.7. The number of halogens is 1. The summed E-state index contributed by atoms with van der Waals surface area (Å²) in [7, 11) is 1.33. The summed E-state index contributed by atoms with van der Waals surface area (Å²) in [5.41, 5.74) is 3.36. The molecule has 37 heavy (non-hydrogen) atoms. The first-order valence-corrected chi connectivity index (χ1v) is 13.0. The standard InChI is InChI=1S/C29H25ClN2O4S/c1-16(2)18-9-11-19(12-10-18)26-25(28(34)35-4)17(3)31-29-32(26)27(33)24(37-29)15-20-13-14-23(36-20)21-7-5-6-8-22(21)30/h5-16,26H,1-4H3/b24-15+. The highest BCUT2D eigenvalue weighted by Crippen LogP contribution is 2.32. The minimum absolute atomic E-state index is 0.258. The fourth-order valence-corrected chi connectivity index (χ4v) is 5.69. The summed E-state index contributed by atoms with van der Waals surface area (Å²) in [6.45, 7) is 6.00. The van der Waals surface area contributed by atoms with Crippen LogP contribution in [0.2, 0.25) is 5.02 Å². The molecule has 0 saturated carbocycles. The number of hydrogen-bond donors (Lipinski definition) is 0. The number of nitrogens with zero attached hydrogens (tertiary/aromatic N) is 2. The van der Waals surface area contributed by atoms with Crippen molar-refractivity contribution >= 4 is 35.0 Å². The van der Waals surface area contributed by atoms with Gasteiger partial charge in [0.15, 0.2) is 4.80 Å². The van der Waals surface area contributed by atoms with Crippen LogP contribution in [0.15, 0.2) is 86.1 Å². The average Bonchev–Trinajstić information content (AvgIpc) is 3.47. The van der Waals surface area contributed by atoms with E-state index in [9.17, 15) is 9.59 Å². The lowest BCUT2D eigenvalue weighted by Gasteiger charge is -2.24. The minimum atomic E-state index is -0.651. The number of rotatable bonds is 5. The van der Waals surface area contributed by atoms with E-state index in [1.807, 2.05) is 48.5 Å². The molecule has 1 unspecified atom stereocenters. The van der Waals surface area contributed by atoms with Gasteiger partial charge in [-0.2, -0.15) is 0 Å². The molecule has 4 aromatic rings. The zero-order valence-corrected chi connectivity index (χ0v) is 22.4. The zero-order chi connectivity index (χ0) is 26.3. The van der Waals surface area contributed by atoms with Crippen LogP contribution in [0.4, 0.5) is 0 Å². The van der Waals surface area contributed by atoms with E-state index >= 15 is 0 Å². The number of thiazole rings is 1. The van der Waals surface area contributed by atoms with Gasteiger partial charge in [-0.15, -0.1) is 0 Å². The molecule has 0 fully saturated rings. The first-order chi connectivity index (χ1) is 17.8. The molecule has 0 saturated heterocycles. The van der Waals surface area contributed by atoms with Crippen molar-refractivity contribution in [3.63, 3.8) is 0 Å². The summed E-state index contributed by atoms with van der Waals surface area (Å²) in [5.74, 6) is 0.972. The Morgan fingerprint density at radius 1 is 1.14 bits per heavy atom. The van der Waals surface area contributed by atoms with Gasteiger partial charge in [0.25, 0.3) is 5.56 Å². The quantitative estimate of drug-likeness (QED) is 0.321. The highest BCUT2D eigenvalue weighted by atomic mass is 35.5. The number of furan rings is 1. The number of ether oxygens (including phenoxy) is 1. The Labute approximate surface area is 222 Å². The molecule has 5 rings (SSSR count). The molecule has 0 radical (unpaired) electrons. The third-order valence-corrected chi connectivity index (χ3v) is 7.70. The first-order valence-electron chi connectivity index (χ1n) is 11.8. The normalized spacial score (nSPS) is 15.6. The summed E-state index contributed by atoms with van der Waals surface area (Å²) in [6.07, 6.45) is 1.69. The van der Waals surface area contributed by atoms with Crippen molar-refractivity contribution in [1.82, 2.24) is 4.57 Å². The predicted octanol–water partition coefficient (Wildman–Crippen LogP) is 5.45. The number of carbonyl (C=O) groups is 1. The van der Waals surface area contributed by atoms with Crippen molar-refractivity contribution in [3.05, 3.63) is 114 Å². The van der Waals surface area contributed by atoms with Gasteiger partial charge in [0.1, 0.15) is 11.5 Å². The molecule has 0 aliphatic carbocycles. The zero-order valence-electron chi connectivity index (χ0n) is 20.8. The molecule has 3 heterocycles. The van der Waals surface area contributed by atoms with Gasteiger partial charge in [0.2, 0.25) is 0 Å². The lowest BCUT2D eigenvalue weighted by Crippen LogP contribution is -2.39. The van der Waals surface area contributed by atoms with Gasteiger partial charge in [-0.1, -0.05) is 73.2 Å². The molecule has 0 amide bonds. The molecule has 2 aromatic carbocycles. The van der Waals surface area contributed by atoms with Crippen LogP contribution in [0, 0.1) is 0 Å². The molecule has 1 atom stereocenters. The van der Waals surface area contributed by atoms with Crippen LogP contribution in [0.1, 0.15) is 49.6 Å². The van der Waals surface area contributed by atoms with Gasteiger partial charge in [-0.3, -0.25) is 9.36 Å². The van der Waals surface area contributed by atoms with E-state index in [1.165, 1.54) is 24.0 Å². The first kappa shape index (κ1) is 25.0. The second kappa shape index (κ2) is 10.00. The molecule has 0 N–H and O–H groups in total. The Balaban J connectivity index is 1.64. The smallest absolute Gasteiger partial charge is 0.338 e. The number of fused-ring (bicyclic) bond motifs is 1. The third-order valence-electron chi connectivity index (χ3n) is 6.39. The van der Waals surface area contributed by atoms with Crippen molar-refractivity contribution in [2.24, 2.45) is 4.99 Å². The number of carbonyl (C=O) groups excluding carboxylic acids is 1. The van der Waals surface area contributed by atoms with E-state index < -0.39 is 12.0 Å². The van der Waals surface area contributed by atoms with Crippen LogP contribution in [-0.4, -0.2) is 17.6 Å². The number of allylic oxidation sites excluding steroid dienone is 1. The molecular weight excluding hydrogens is 508 g/mol. The monoisotopic (exact) mass is 532 g/mol. The van der Waals surface area contributed by atoms with Crippen molar-refractivity contribution in [3.8, 4) is 11.3 Å². The Morgan fingerprint density at radius 2 is 1.86 bits per heavy atom. The van der Waals surface area contributed by atoms with E-state index in [2.05, 4.69) is 18.8 Å². The van der Waals surface area contributed by atoms with Gasteiger partial charge < -0.3 is 9.15 Å². The van der Waals surface area contributed by atoms with Gasteiger partial charge in [-0.05, 0) is 48.2 Å². The minimum Gasteiger partial charge on any atom is -0.466 e. The number of hydrogen-bond acceptors (Lipinski definition) is 6. The van der Waals surface area contributed by atoms with E-state index in [4.69, 9.17) is 20.8 Å². The van der Waals surface area contributed by atoms with E-state index in [-0.39, 0.29) is 5.56 Å². The highest BCUT2D eigenvalue weighted by Gasteiger charge is 2.33. The molecule has 1 aliphatic rings. The second-order valence-corrected chi connectivity index (χ2v) is 10.5. The van der Waals surface area contributed by atoms with E-state index in [0.717, 1.165) is 11.1 Å². The fraction of sp³-hybridized carbons (Fsp3) is 0.207. The van der Waals surface area contributed by atoms with Crippen LogP contribution >= 0.6 is 22.9 Å². The van der Waals surface area contributed by atoms with Crippen LogP contribution in [0.25, 0.3) is 17.4 Å². The number of benzene rings is 2.